The van der Waals surface area contributed by atoms with E-state index in [-0.39, 0.29) is 17.2 Å². The van der Waals surface area contributed by atoms with Crippen molar-refractivity contribution in [1.82, 2.24) is 5.32 Å². The molecule has 5 nitrogen and oxygen atoms in total. The van der Waals surface area contributed by atoms with E-state index in [4.69, 9.17) is 6.42 Å². The lowest BCUT2D eigenvalue weighted by Crippen LogP contribution is -2.24. The molecule has 0 atom stereocenters. The van der Waals surface area contributed by atoms with Crippen molar-refractivity contribution in [2.45, 2.75) is 6.42 Å². The second-order valence-corrected chi connectivity index (χ2v) is 3.99. The summed E-state index contributed by atoms with van der Waals surface area (Å²) >= 11 is 3.04. The second-order valence-electron chi connectivity index (χ2n) is 3.13. The number of nitrogens with one attached hydrogen (secondary N) is 1. The van der Waals surface area contributed by atoms with Crippen molar-refractivity contribution >= 4 is 27.5 Å². The molecule has 0 saturated carbocycles. The highest BCUT2D eigenvalue weighted by Crippen LogP contribution is 2.25. The van der Waals surface area contributed by atoms with Gasteiger partial charge < -0.3 is 5.32 Å². The summed E-state index contributed by atoms with van der Waals surface area (Å²) in [5, 5.41) is 13.2. The highest BCUT2D eigenvalue weighted by atomic mass is 79.9. The van der Waals surface area contributed by atoms with Crippen LogP contribution in [0.5, 0.6) is 0 Å². The third-order valence-electron chi connectivity index (χ3n) is 1.96. The zero-order chi connectivity index (χ0) is 12.8. The van der Waals surface area contributed by atoms with Crippen molar-refractivity contribution in [3.8, 4) is 12.3 Å². The van der Waals surface area contributed by atoms with Crippen molar-refractivity contribution in [3.05, 3.63) is 38.3 Å². The van der Waals surface area contributed by atoms with Gasteiger partial charge in [0.15, 0.2) is 0 Å². The molecule has 0 fully saturated rings. The van der Waals surface area contributed by atoms with E-state index in [0.717, 1.165) is 0 Å². The Morgan fingerprint density at radius 2 is 2.29 bits per heavy atom. The number of carbonyl (C=O) groups excluding carboxylic acids is 1. The quantitative estimate of drug-likeness (QED) is 0.400. The molecule has 0 aliphatic heterocycles. The number of amides is 1. The van der Waals surface area contributed by atoms with Crippen LogP contribution in [0.4, 0.5) is 5.69 Å². The number of nitrogens with zero attached hydrogens (tertiary/aromatic N) is 1. The van der Waals surface area contributed by atoms with Gasteiger partial charge in [-0.2, -0.15) is 0 Å². The number of rotatable bonds is 4. The summed E-state index contributed by atoms with van der Waals surface area (Å²) in [6, 6.07) is 4.19. The number of carbonyl (C=O) groups is 1. The van der Waals surface area contributed by atoms with Gasteiger partial charge >= 0.3 is 0 Å². The predicted octanol–water partition coefficient (Wildman–Crippen LogP) is 2.11. The number of terminal acetylenes is 1. The Hall–Kier alpha value is -1.87. The molecule has 0 bridgehead atoms. The number of halogens is 1. The highest BCUT2D eigenvalue weighted by molar-refractivity contribution is 9.10. The molecule has 0 radical (unpaired) electrons. The normalized spacial score (nSPS) is 9.41. The van der Waals surface area contributed by atoms with Crippen LogP contribution in [0, 0.1) is 22.5 Å². The zero-order valence-corrected chi connectivity index (χ0v) is 10.4. The molecular formula is C11H9BrN2O3. The summed E-state index contributed by atoms with van der Waals surface area (Å²) in [6.45, 7) is 0.346. The van der Waals surface area contributed by atoms with Crippen LogP contribution in [-0.2, 0) is 0 Å². The van der Waals surface area contributed by atoms with Crippen LogP contribution in [-0.4, -0.2) is 17.4 Å². The number of nitro benzene ring substituents is 1. The van der Waals surface area contributed by atoms with Gasteiger partial charge in [-0.05, 0) is 28.1 Å². The van der Waals surface area contributed by atoms with Gasteiger partial charge in [0.2, 0.25) is 0 Å². The fourth-order valence-corrected chi connectivity index (χ4v) is 1.54. The standard InChI is InChI=1S/C11H9BrN2O3/c1-2-3-6-13-11(15)8-4-5-9(12)10(7-8)14(16)17/h1,4-5,7H,3,6H2,(H,13,15). The smallest absolute Gasteiger partial charge is 0.284 e. The topological polar surface area (TPSA) is 72.2 Å². The highest BCUT2D eigenvalue weighted by Gasteiger charge is 2.15. The number of hydrogen-bond acceptors (Lipinski definition) is 3. The van der Waals surface area contributed by atoms with Gasteiger partial charge in [-0.1, -0.05) is 0 Å². The van der Waals surface area contributed by atoms with Crippen LogP contribution in [0.25, 0.3) is 0 Å². The molecule has 88 valence electrons. The molecule has 0 heterocycles. The second kappa shape index (κ2) is 6.01. The molecule has 1 aromatic carbocycles. The van der Waals surface area contributed by atoms with Gasteiger partial charge in [0, 0.05) is 24.6 Å². The fourth-order valence-electron chi connectivity index (χ4n) is 1.14. The van der Waals surface area contributed by atoms with Crippen LogP contribution in [0.1, 0.15) is 16.8 Å². The lowest BCUT2D eigenvalue weighted by Gasteiger charge is -2.03. The number of nitro groups is 1. The molecule has 0 unspecified atom stereocenters. The lowest BCUT2D eigenvalue weighted by atomic mass is 10.2. The molecule has 1 aromatic rings. The Labute approximate surface area is 106 Å². The van der Waals surface area contributed by atoms with Crippen LogP contribution in [0.15, 0.2) is 22.7 Å². The monoisotopic (exact) mass is 296 g/mol. The molecule has 0 aliphatic rings. The third-order valence-corrected chi connectivity index (χ3v) is 2.63. The van der Waals surface area contributed by atoms with Gasteiger partial charge in [0.05, 0.1) is 9.40 Å². The van der Waals surface area contributed by atoms with E-state index >= 15 is 0 Å². The summed E-state index contributed by atoms with van der Waals surface area (Å²) < 4.78 is 0.336. The average molecular weight is 297 g/mol. The van der Waals surface area contributed by atoms with E-state index < -0.39 is 4.92 Å². The first-order valence-electron chi connectivity index (χ1n) is 4.72. The fraction of sp³-hybridized carbons (Fsp3) is 0.182. The molecule has 1 rings (SSSR count). The Kier molecular flexibility index (Phi) is 4.67. The van der Waals surface area contributed by atoms with E-state index in [1.54, 1.807) is 0 Å². The Bertz CT molecular complexity index is 494. The maximum atomic E-state index is 11.6. The summed E-state index contributed by atoms with van der Waals surface area (Å²) in [6.07, 6.45) is 5.46. The Morgan fingerprint density at radius 1 is 1.59 bits per heavy atom. The van der Waals surface area contributed by atoms with Crippen molar-refractivity contribution in [2.75, 3.05) is 6.54 Å². The summed E-state index contributed by atoms with van der Waals surface area (Å²) in [5.41, 5.74) is 0.0894. The zero-order valence-electron chi connectivity index (χ0n) is 8.77. The van der Waals surface area contributed by atoms with Gasteiger partial charge in [0.25, 0.3) is 11.6 Å². The van der Waals surface area contributed by atoms with E-state index in [0.29, 0.717) is 17.4 Å². The van der Waals surface area contributed by atoms with Gasteiger partial charge in [-0.3, -0.25) is 14.9 Å². The van der Waals surface area contributed by atoms with Crippen molar-refractivity contribution in [2.24, 2.45) is 0 Å². The van der Waals surface area contributed by atoms with Crippen molar-refractivity contribution in [1.29, 1.82) is 0 Å². The lowest BCUT2D eigenvalue weighted by molar-refractivity contribution is -0.385. The van der Waals surface area contributed by atoms with Crippen LogP contribution in [0.2, 0.25) is 0 Å². The summed E-state index contributed by atoms with van der Waals surface area (Å²) in [4.78, 5) is 21.7. The van der Waals surface area contributed by atoms with Crippen LogP contribution < -0.4 is 5.32 Å². The predicted molar refractivity (Wildman–Crippen MR) is 66.6 cm³/mol. The minimum atomic E-state index is -0.553. The van der Waals surface area contributed by atoms with E-state index in [9.17, 15) is 14.9 Å². The van der Waals surface area contributed by atoms with E-state index in [1.807, 2.05) is 0 Å². The van der Waals surface area contributed by atoms with Crippen LogP contribution >= 0.6 is 15.9 Å². The molecule has 0 saturated heterocycles. The molecule has 0 aromatic heterocycles. The third kappa shape index (κ3) is 3.57. The summed E-state index contributed by atoms with van der Waals surface area (Å²) in [7, 11) is 0. The van der Waals surface area contributed by atoms with Gasteiger partial charge in [0.1, 0.15) is 0 Å². The molecule has 6 heteroatoms. The molecule has 17 heavy (non-hydrogen) atoms. The van der Waals surface area contributed by atoms with Crippen molar-refractivity contribution < 1.29 is 9.72 Å². The van der Waals surface area contributed by atoms with E-state index in [1.165, 1.54) is 18.2 Å². The van der Waals surface area contributed by atoms with Crippen molar-refractivity contribution in [3.63, 3.8) is 0 Å². The average Bonchev–Trinajstić information content (AvgIpc) is 2.29. The maximum Gasteiger partial charge on any atom is 0.284 e. The number of hydrogen-bond donors (Lipinski definition) is 1. The first-order valence-corrected chi connectivity index (χ1v) is 5.51. The molecular weight excluding hydrogens is 288 g/mol. The molecule has 1 N–H and O–H groups in total. The van der Waals surface area contributed by atoms with Gasteiger partial charge in [-0.15, -0.1) is 12.3 Å². The SMILES string of the molecule is C#CCCNC(=O)c1ccc(Br)c([N+](=O)[O-])c1. The number of benzene rings is 1. The van der Waals surface area contributed by atoms with Gasteiger partial charge in [-0.25, -0.2) is 0 Å². The summed E-state index contributed by atoms with van der Waals surface area (Å²) in [5.74, 6) is 2.00. The largest absolute Gasteiger partial charge is 0.351 e. The minimum absolute atomic E-state index is 0.144. The molecule has 0 spiro atoms. The Balaban J connectivity index is 2.85. The van der Waals surface area contributed by atoms with Crippen LogP contribution in [0.3, 0.4) is 0 Å². The minimum Gasteiger partial charge on any atom is -0.351 e. The Morgan fingerprint density at radius 3 is 2.88 bits per heavy atom. The maximum absolute atomic E-state index is 11.6. The first-order chi connectivity index (χ1) is 8.06. The molecule has 0 aliphatic carbocycles. The van der Waals surface area contributed by atoms with E-state index in [2.05, 4.69) is 27.2 Å². The first kappa shape index (κ1) is 13.2. The molecule has 1 amide bonds.